The summed E-state index contributed by atoms with van der Waals surface area (Å²) in [6.07, 6.45) is 4.18. The molecule has 1 atom stereocenters. The molecular weight excluding hydrogens is 224 g/mol. The molecule has 4 heteroatoms. The summed E-state index contributed by atoms with van der Waals surface area (Å²) < 4.78 is 0. The normalized spacial score (nSPS) is 26.4. The first-order valence-electron chi connectivity index (χ1n) is 7.21. The lowest BCUT2D eigenvalue weighted by atomic mass is 10.1. The Morgan fingerprint density at radius 2 is 2.00 bits per heavy atom. The Labute approximate surface area is 111 Å². The highest BCUT2D eigenvalue weighted by Crippen LogP contribution is 2.31. The van der Waals surface area contributed by atoms with Crippen LogP contribution in [0.2, 0.25) is 0 Å². The highest BCUT2D eigenvalue weighted by atomic mass is 15.2. The van der Waals surface area contributed by atoms with Gasteiger partial charge in [-0.25, -0.2) is 0 Å². The second kappa shape index (κ2) is 5.47. The van der Waals surface area contributed by atoms with Crippen LogP contribution >= 0.6 is 0 Å². The van der Waals surface area contributed by atoms with E-state index >= 15 is 0 Å². The standard InChI is InChI=1S/C14H28N4/c1-14(2,3)17-13(15-4)16-9-11-7-8-18(10-11)12-5-6-12/h11-12H,5-10H2,1-4H3,(H2,15,16,17). The second-order valence-electron chi connectivity index (χ2n) is 6.71. The van der Waals surface area contributed by atoms with Crippen LogP contribution < -0.4 is 10.6 Å². The Kier molecular flexibility index (Phi) is 4.15. The molecule has 4 nitrogen and oxygen atoms in total. The molecule has 2 rings (SSSR count). The van der Waals surface area contributed by atoms with Crippen LogP contribution in [-0.2, 0) is 0 Å². The van der Waals surface area contributed by atoms with Crippen LogP contribution in [0.3, 0.4) is 0 Å². The first kappa shape index (κ1) is 13.7. The molecule has 0 aromatic heterocycles. The van der Waals surface area contributed by atoms with Crippen molar-refractivity contribution in [2.24, 2.45) is 10.9 Å². The molecule has 2 N–H and O–H groups in total. The summed E-state index contributed by atoms with van der Waals surface area (Å²) in [5.74, 6) is 1.71. The average molecular weight is 252 g/mol. The molecule has 1 aliphatic carbocycles. The number of hydrogen-bond acceptors (Lipinski definition) is 2. The average Bonchev–Trinajstić information content (AvgIpc) is 3.03. The maximum absolute atomic E-state index is 4.28. The molecular formula is C14H28N4. The van der Waals surface area contributed by atoms with Gasteiger partial charge in [-0.05, 0) is 52.5 Å². The lowest BCUT2D eigenvalue weighted by Gasteiger charge is -2.24. The van der Waals surface area contributed by atoms with Crippen LogP contribution in [0.4, 0.5) is 0 Å². The molecule has 2 fully saturated rings. The molecule has 1 aliphatic heterocycles. The van der Waals surface area contributed by atoms with Crippen molar-refractivity contribution in [2.75, 3.05) is 26.7 Å². The summed E-state index contributed by atoms with van der Waals surface area (Å²) in [6.45, 7) is 10.1. The van der Waals surface area contributed by atoms with E-state index in [4.69, 9.17) is 0 Å². The Balaban J connectivity index is 1.70. The predicted molar refractivity (Wildman–Crippen MR) is 77.0 cm³/mol. The van der Waals surface area contributed by atoms with Crippen LogP contribution in [0.25, 0.3) is 0 Å². The highest BCUT2D eigenvalue weighted by molar-refractivity contribution is 5.80. The fourth-order valence-corrected chi connectivity index (χ4v) is 2.58. The molecule has 1 saturated carbocycles. The number of hydrogen-bond donors (Lipinski definition) is 2. The number of rotatable bonds is 3. The maximum atomic E-state index is 4.28. The molecule has 1 heterocycles. The van der Waals surface area contributed by atoms with Gasteiger partial charge in [0, 0.05) is 31.7 Å². The van der Waals surface area contributed by atoms with E-state index in [1.165, 1.54) is 32.4 Å². The molecule has 1 saturated heterocycles. The van der Waals surface area contributed by atoms with Crippen LogP contribution in [0, 0.1) is 5.92 Å². The number of nitrogens with one attached hydrogen (secondary N) is 2. The van der Waals surface area contributed by atoms with Crippen LogP contribution in [0.1, 0.15) is 40.0 Å². The topological polar surface area (TPSA) is 39.7 Å². The molecule has 18 heavy (non-hydrogen) atoms. The number of nitrogens with zero attached hydrogens (tertiary/aromatic N) is 2. The molecule has 2 aliphatic rings. The third kappa shape index (κ3) is 4.16. The quantitative estimate of drug-likeness (QED) is 0.590. The fourth-order valence-electron chi connectivity index (χ4n) is 2.58. The van der Waals surface area contributed by atoms with Gasteiger partial charge in [-0.3, -0.25) is 4.99 Å². The number of likely N-dealkylation sites (tertiary alicyclic amines) is 1. The van der Waals surface area contributed by atoms with Crippen LogP contribution in [-0.4, -0.2) is 49.1 Å². The van der Waals surface area contributed by atoms with E-state index in [-0.39, 0.29) is 5.54 Å². The van der Waals surface area contributed by atoms with Crippen molar-refractivity contribution in [3.05, 3.63) is 0 Å². The van der Waals surface area contributed by atoms with Crippen molar-refractivity contribution >= 4 is 5.96 Å². The largest absolute Gasteiger partial charge is 0.356 e. The van der Waals surface area contributed by atoms with Gasteiger partial charge >= 0.3 is 0 Å². The lowest BCUT2D eigenvalue weighted by Crippen LogP contribution is -2.48. The summed E-state index contributed by atoms with van der Waals surface area (Å²) >= 11 is 0. The Morgan fingerprint density at radius 3 is 2.56 bits per heavy atom. The van der Waals surface area contributed by atoms with Gasteiger partial charge in [-0.2, -0.15) is 0 Å². The van der Waals surface area contributed by atoms with Gasteiger partial charge in [0.2, 0.25) is 0 Å². The van der Waals surface area contributed by atoms with Crippen LogP contribution in [0.5, 0.6) is 0 Å². The predicted octanol–water partition coefficient (Wildman–Crippen LogP) is 1.43. The fraction of sp³-hybridized carbons (Fsp3) is 0.929. The highest BCUT2D eigenvalue weighted by Gasteiger charge is 2.34. The van der Waals surface area contributed by atoms with Crippen LogP contribution in [0.15, 0.2) is 4.99 Å². The van der Waals surface area contributed by atoms with E-state index in [0.717, 1.165) is 24.5 Å². The van der Waals surface area contributed by atoms with Crippen molar-refractivity contribution in [3.63, 3.8) is 0 Å². The zero-order chi connectivity index (χ0) is 13.2. The van der Waals surface area contributed by atoms with Gasteiger partial charge < -0.3 is 15.5 Å². The molecule has 1 unspecified atom stereocenters. The second-order valence-corrected chi connectivity index (χ2v) is 6.71. The van der Waals surface area contributed by atoms with Crippen molar-refractivity contribution in [1.82, 2.24) is 15.5 Å². The van der Waals surface area contributed by atoms with E-state index in [2.05, 4.69) is 41.3 Å². The van der Waals surface area contributed by atoms with E-state index < -0.39 is 0 Å². The van der Waals surface area contributed by atoms with E-state index in [1.807, 2.05) is 7.05 Å². The Morgan fingerprint density at radius 1 is 1.28 bits per heavy atom. The minimum Gasteiger partial charge on any atom is -0.356 e. The van der Waals surface area contributed by atoms with Crippen molar-refractivity contribution in [3.8, 4) is 0 Å². The summed E-state index contributed by atoms with van der Waals surface area (Å²) in [4.78, 5) is 6.94. The smallest absolute Gasteiger partial charge is 0.191 e. The van der Waals surface area contributed by atoms with E-state index in [9.17, 15) is 0 Å². The molecule has 0 radical (unpaired) electrons. The molecule has 0 spiro atoms. The Bertz CT molecular complexity index is 301. The van der Waals surface area contributed by atoms with Crippen molar-refractivity contribution in [1.29, 1.82) is 0 Å². The molecule has 0 amide bonds. The van der Waals surface area contributed by atoms with Gasteiger partial charge in [0.25, 0.3) is 0 Å². The molecule has 0 bridgehead atoms. The first-order valence-corrected chi connectivity index (χ1v) is 7.21. The third-order valence-corrected chi connectivity index (χ3v) is 3.66. The molecule has 104 valence electrons. The monoisotopic (exact) mass is 252 g/mol. The van der Waals surface area contributed by atoms with Gasteiger partial charge in [0.05, 0.1) is 0 Å². The van der Waals surface area contributed by atoms with Gasteiger partial charge in [0.15, 0.2) is 5.96 Å². The SMILES string of the molecule is CN=C(NCC1CCN(C2CC2)C1)NC(C)(C)C. The summed E-state index contributed by atoms with van der Waals surface area (Å²) in [6, 6.07) is 0.919. The summed E-state index contributed by atoms with van der Waals surface area (Å²) in [5.41, 5.74) is 0.0670. The molecule has 0 aromatic carbocycles. The number of guanidine groups is 1. The van der Waals surface area contributed by atoms with Gasteiger partial charge in [0.1, 0.15) is 0 Å². The van der Waals surface area contributed by atoms with Gasteiger partial charge in [-0.15, -0.1) is 0 Å². The first-order chi connectivity index (χ1) is 8.48. The van der Waals surface area contributed by atoms with E-state index in [0.29, 0.717) is 0 Å². The Hall–Kier alpha value is -0.770. The van der Waals surface area contributed by atoms with Crippen molar-refractivity contribution < 1.29 is 0 Å². The lowest BCUT2D eigenvalue weighted by molar-refractivity contribution is 0.314. The van der Waals surface area contributed by atoms with Crippen molar-refractivity contribution in [2.45, 2.75) is 51.6 Å². The third-order valence-electron chi connectivity index (χ3n) is 3.66. The summed E-state index contributed by atoms with van der Waals surface area (Å²) in [5, 5.41) is 6.86. The van der Waals surface area contributed by atoms with Gasteiger partial charge in [-0.1, -0.05) is 0 Å². The minimum absolute atomic E-state index is 0.0670. The van der Waals surface area contributed by atoms with E-state index in [1.54, 1.807) is 0 Å². The zero-order valence-electron chi connectivity index (χ0n) is 12.3. The number of aliphatic imine (C=N–C) groups is 1. The zero-order valence-corrected chi connectivity index (χ0v) is 12.3. The summed E-state index contributed by atoms with van der Waals surface area (Å²) in [7, 11) is 1.84. The minimum atomic E-state index is 0.0670. The maximum Gasteiger partial charge on any atom is 0.191 e. The molecule has 0 aromatic rings.